The molecular formula is C14H26N4O. The molecule has 2 rings (SSSR count). The minimum Gasteiger partial charge on any atom is -0.383 e. The Hall–Kier alpha value is -1.07. The van der Waals surface area contributed by atoms with Crippen molar-refractivity contribution in [3.63, 3.8) is 0 Å². The average Bonchev–Trinajstić information content (AvgIpc) is 2.90. The molecule has 1 fully saturated rings. The van der Waals surface area contributed by atoms with Gasteiger partial charge in [0.05, 0.1) is 12.6 Å². The summed E-state index contributed by atoms with van der Waals surface area (Å²) in [4.78, 5) is 6.99. The zero-order valence-corrected chi connectivity index (χ0v) is 12.3. The van der Waals surface area contributed by atoms with Crippen molar-refractivity contribution in [1.82, 2.24) is 14.9 Å². The van der Waals surface area contributed by atoms with Gasteiger partial charge in [0.25, 0.3) is 0 Å². The van der Waals surface area contributed by atoms with Crippen LogP contribution >= 0.6 is 0 Å². The second-order valence-electron chi connectivity index (χ2n) is 5.23. The molecule has 2 unspecified atom stereocenters. The van der Waals surface area contributed by atoms with Gasteiger partial charge in [-0.25, -0.2) is 4.98 Å². The van der Waals surface area contributed by atoms with Crippen molar-refractivity contribution >= 4 is 5.95 Å². The molecule has 2 heterocycles. The van der Waals surface area contributed by atoms with Gasteiger partial charge in [-0.1, -0.05) is 0 Å². The summed E-state index contributed by atoms with van der Waals surface area (Å²) in [5.74, 6) is 1.07. The number of methoxy groups -OCH3 is 1. The molecule has 0 spiro atoms. The van der Waals surface area contributed by atoms with E-state index in [0.717, 1.165) is 25.6 Å². The van der Waals surface area contributed by atoms with Crippen LogP contribution in [0.1, 0.15) is 32.7 Å². The van der Waals surface area contributed by atoms with Crippen LogP contribution in [0, 0.1) is 0 Å². The maximum absolute atomic E-state index is 5.26. The number of aromatic nitrogens is 2. The predicted molar refractivity (Wildman–Crippen MR) is 77.7 cm³/mol. The van der Waals surface area contributed by atoms with Crippen LogP contribution in [0.5, 0.6) is 0 Å². The van der Waals surface area contributed by atoms with E-state index in [0.29, 0.717) is 18.7 Å². The third kappa shape index (κ3) is 3.28. The maximum Gasteiger partial charge on any atom is 0.206 e. The molecule has 0 aliphatic carbocycles. The minimum atomic E-state index is 0.313. The Bertz CT molecular complexity index is 373. The number of hydrogen-bond donors (Lipinski definition) is 1. The first kappa shape index (κ1) is 14.3. The molecule has 0 aromatic carbocycles. The van der Waals surface area contributed by atoms with E-state index in [2.05, 4.69) is 39.8 Å². The molecule has 0 saturated carbocycles. The molecule has 0 amide bonds. The lowest BCUT2D eigenvalue weighted by Crippen LogP contribution is -2.47. The highest BCUT2D eigenvalue weighted by molar-refractivity contribution is 5.34. The first-order valence-corrected chi connectivity index (χ1v) is 7.27. The summed E-state index contributed by atoms with van der Waals surface area (Å²) in [5, 5.41) is 3.48. The summed E-state index contributed by atoms with van der Waals surface area (Å²) >= 11 is 0. The Morgan fingerprint density at radius 2 is 2.47 bits per heavy atom. The first-order valence-electron chi connectivity index (χ1n) is 7.27. The number of hydrogen-bond acceptors (Lipinski definition) is 4. The van der Waals surface area contributed by atoms with Crippen LogP contribution in [0.4, 0.5) is 5.95 Å². The number of nitrogens with zero attached hydrogens (tertiary/aromatic N) is 3. The summed E-state index contributed by atoms with van der Waals surface area (Å²) in [6.45, 7) is 8.27. The van der Waals surface area contributed by atoms with Gasteiger partial charge in [0, 0.05) is 38.6 Å². The number of piperidine rings is 1. The van der Waals surface area contributed by atoms with E-state index >= 15 is 0 Å². The fourth-order valence-electron chi connectivity index (χ4n) is 2.86. The summed E-state index contributed by atoms with van der Waals surface area (Å²) in [7, 11) is 1.75. The van der Waals surface area contributed by atoms with Crippen molar-refractivity contribution in [2.75, 3.05) is 38.3 Å². The molecule has 0 bridgehead atoms. The Morgan fingerprint density at radius 3 is 3.11 bits per heavy atom. The van der Waals surface area contributed by atoms with E-state index in [1.165, 1.54) is 12.8 Å². The van der Waals surface area contributed by atoms with Crippen LogP contribution in [0.15, 0.2) is 12.4 Å². The highest BCUT2D eigenvalue weighted by Crippen LogP contribution is 2.22. The standard InChI is InChI=1S/C14H26N4O/c1-4-17(13-6-5-7-15-10-13)14-16-8-9-18(14)12(2)11-19-3/h8-9,12-13,15H,4-7,10-11H2,1-3H3. The van der Waals surface area contributed by atoms with Crippen molar-refractivity contribution in [2.45, 2.75) is 38.8 Å². The van der Waals surface area contributed by atoms with Crippen LogP contribution in [0.2, 0.25) is 0 Å². The lowest BCUT2D eigenvalue weighted by atomic mass is 10.1. The third-order valence-electron chi connectivity index (χ3n) is 3.84. The summed E-state index contributed by atoms with van der Waals surface area (Å²) < 4.78 is 7.49. The van der Waals surface area contributed by atoms with Crippen LogP contribution < -0.4 is 10.2 Å². The van der Waals surface area contributed by atoms with Gasteiger partial charge in [-0.05, 0) is 33.2 Å². The molecular weight excluding hydrogens is 240 g/mol. The topological polar surface area (TPSA) is 42.3 Å². The SMILES string of the molecule is CCN(c1nccn1C(C)COC)C1CCCNC1. The molecule has 5 nitrogen and oxygen atoms in total. The third-order valence-corrected chi connectivity index (χ3v) is 3.84. The number of anilines is 1. The minimum absolute atomic E-state index is 0.313. The van der Waals surface area contributed by atoms with Gasteiger partial charge in [-0.2, -0.15) is 0 Å². The van der Waals surface area contributed by atoms with Gasteiger partial charge in [-0.3, -0.25) is 0 Å². The first-order chi connectivity index (χ1) is 9.27. The van der Waals surface area contributed by atoms with Crippen molar-refractivity contribution in [3.05, 3.63) is 12.4 Å². The molecule has 1 N–H and O–H groups in total. The molecule has 108 valence electrons. The highest BCUT2D eigenvalue weighted by Gasteiger charge is 2.24. The Labute approximate surface area is 116 Å². The quantitative estimate of drug-likeness (QED) is 0.850. The second-order valence-corrected chi connectivity index (χ2v) is 5.23. The lowest BCUT2D eigenvalue weighted by molar-refractivity contribution is 0.162. The van der Waals surface area contributed by atoms with Gasteiger partial charge in [0.15, 0.2) is 0 Å². The molecule has 2 atom stereocenters. The molecule has 1 aliphatic rings. The molecule has 1 aromatic rings. The summed E-state index contributed by atoms with van der Waals surface area (Å²) in [6, 6.07) is 0.864. The fourth-order valence-corrected chi connectivity index (χ4v) is 2.86. The second kappa shape index (κ2) is 6.91. The van der Waals surface area contributed by atoms with E-state index in [-0.39, 0.29) is 0 Å². The van der Waals surface area contributed by atoms with Gasteiger partial charge in [0.2, 0.25) is 5.95 Å². The number of likely N-dealkylation sites (N-methyl/N-ethyl adjacent to an activating group) is 1. The molecule has 1 aromatic heterocycles. The Balaban J connectivity index is 2.15. The van der Waals surface area contributed by atoms with Crippen LogP contribution in [0.3, 0.4) is 0 Å². The van der Waals surface area contributed by atoms with Crippen LogP contribution in [-0.4, -0.2) is 48.9 Å². The van der Waals surface area contributed by atoms with Crippen LogP contribution in [-0.2, 0) is 4.74 Å². The summed E-state index contributed by atoms with van der Waals surface area (Å²) in [6.07, 6.45) is 6.43. The highest BCUT2D eigenvalue weighted by atomic mass is 16.5. The van der Waals surface area contributed by atoms with Crippen LogP contribution in [0.25, 0.3) is 0 Å². The monoisotopic (exact) mass is 266 g/mol. The number of nitrogens with one attached hydrogen (secondary N) is 1. The summed E-state index contributed by atoms with van der Waals surface area (Å²) in [5.41, 5.74) is 0. The lowest BCUT2D eigenvalue weighted by Gasteiger charge is -2.35. The normalized spacial score (nSPS) is 21.3. The van der Waals surface area contributed by atoms with E-state index in [9.17, 15) is 0 Å². The van der Waals surface area contributed by atoms with Gasteiger partial charge in [-0.15, -0.1) is 0 Å². The number of imidazole rings is 1. The number of rotatable bonds is 6. The smallest absolute Gasteiger partial charge is 0.206 e. The average molecular weight is 266 g/mol. The van der Waals surface area contributed by atoms with Crippen molar-refractivity contribution in [2.24, 2.45) is 0 Å². The largest absolute Gasteiger partial charge is 0.383 e. The fraction of sp³-hybridized carbons (Fsp3) is 0.786. The van der Waals surface area contributed by atoms with Gasteiger partial charge < -0.3 is 19.5 Å². The van der Waals surface area contributed by atoms with Crippen molar-refractivity contribution in [1.29, 1.82) is 0 Å². The van der Waals surface area contributed by atoms with Gasteiger partial charge >= 0.3 is 0 Å². The molecule has 5 heteroatoms. The van der Waals surface area contributed by atoms with E-state index < -0.39 is 0 Å². The Kier molecular flexibility index (Phi) is 5.22. The maximum atomic E-state index is 5.26. The van der Waals surface area contributed by atoms with Gasteiger partial charge in [0.1, 0.15) is 0 Å². The zero-order valence-electron chi connectivity index (χ0n) is 12.3. The zero-order chi connectivity index (χ0) is 13.7. The van der Waals surface area contributed by atoms with E-state index in [1.807, 2.05) is 6.20 Å². The van der Waals surface area contributed by atoms with E-state index in [1.54, 1.807) is 7.11 Å². The molecule has 0 radical (unpaired) electrons. The van der Waals surface area contributed by atoms with E-state index in [4.69, 9.17) is 4.74 Å². The Morgan fingerprint density at radius 1 is 1.63 bits per heavy atom. The molecule has 1 saturated heterocycles. The number of ether oxygens (including phenoxy) is 1. The predicted octanol–water partition coefficient (Wildman–Crippen LogP) is 1.67. The molecule has 19 heavy (non-hydrogen) atoms. The van der Waals surface area contributed by atoms with Crippen molar-refractivity contribution < 1.29 is 4.74 Å². The molecule has 1 aliphatic heterocycles. The van der Waals surface area contributed by atoms with Crippen molar-refractivity contribution in [3.8, 4) is 0 Å².